The van der Waals surface area contributed by atoms with E-state index in [1.165, 1.54) is 0 Å². The molecule has 4 nitrogen and oxygen atoms in total. The first kappa shape index (κ1) is 15.6. The van der Waals surface area contributed by atoms with Gasteiger partial charge in [-0.2, -0.15) is 0 Å². The molecule has 0 amide bonds. The van der Waals surface area contributed by atoms with Crippen LogP contribution in [0.15, 0.2) is 30.6 Å². The van der Waals surface area contributed by atoms with E-state index in [0.717, 1.165) is 40.6 Å². The van der Waals surface area contributed by atoms with Crippen molar-refractivity contribution >= 4 is 23.2 Å². The van der Waals surface area contributed by atoms with Crippen molar-refractivity contribution in [2.45, 2.75) is 32.7 Å². The van der Waals surface area contributed by atoms with Crippen molar-refractivity contribution in [1.82, 2.24) is 9.97 Å². The van der Waals surface area contributed by atoms with Gasteiger partial charge in [0.15, 0.2) is 0 Å². The molecule has 0 saturated heterocycles. The minimum absolute atomic E-state index is 0.0777. The van der Waals surface area contributed by atoms with Crippen LogP contribution in [0.2, 0.25) is 5.02 Å². The summed E-state index contributed by atoms with van der Waals surface area (Å²) >= 11 is 6.26. The van der Waals surface area contributed by atoms with Crippen molar-refractivity contribution in [3.05, 3.63) is 46.7 Å². The number of anilines is 2. The molecule has 0 aliphatic carbocycles. The highest BCUT2D eigenvalue weighted by Gasteiger charge is 2.14. The minimum atomic E-state index is 0.0777. The average molecular weight is 305 g/mol. The summed E-state index contributed by atoms with van der Waals surface area (Å²) < 4.78 is 0. The third-order valence-electron chi connectivity index (χ3n) is 3.41. The summed E-state index contributed by atoms with van der Waals surface area (Å²) in [4.78, 5) is 8.68. The number of halogens is 1. The number of rotatable bonds is 6. The highest BCUT2D eigenvalue weighted by atomic mass is 35.5. The molecule has 2 N–H and O–H groups in total. The van der Waals surface area contributed by atoms with Gasteiger partial charge in [0.25, 0.3) is 0 Å². The van der Waals surface area contributed by atoms with Crippen LogP contribution in [0.1, 0.15) is 37.4 Å². The number of nitrogens with zero attached hydrogens (tertiary/aromatic N) is 2. The van der Waals surface area contributed by atoms with Gasteiger partial charge in [0, 0.05) is 17.6 Å². The predicted molar refractivity (Wildman–Crippen MR) is 89.1 cm³/mol. The van der Waals surface area contributed by atoms with Crippen LogP contribution in [-0.4, -0.2) is 17.0 Å². The molecule has 0 aliphatic rings. The Morgan fingerprint density at radius 3 is 2.57 bits per heavy atom. The smallest absolute Gasteiger partial charge is 0.135 e. The molecule has 0 radical (unpaired) electrons. The number of hydrogen-bond acceptors (Lipinski definition) is 4. The Morgan fingerprint density at radius 2 is 1.90 bits per heavy atom. The zero-order valence-corrected chi connectivity index (χ0v) is 13.4. The van der Waals surface area contributed by atoms with Crippen LogP contribution in [0.4, 0.5) is 11.6 Å². The molecular weight excluding hydrogens is 284 g/mol. The molecule has 5 heteroatoms. The standard InChI is InChI=1S/C16H21ClN4/c1-4-7-13-15(18-3)19-10-20-16(13)21-11(2)12-8-5-6-9-14(12)17/h5-6,8-11H,4,7H2,1-3H3,(H2,18,19,20,21). The maximum absolute atomic E-state index is 6.26. The van der Waals surface area contributed by atoms with Crippen LogP contribution in [0.3, 0.4) is 0 Å². The second-order valence-corrected chi connectivity index (χ2v) is 5.34. The molecule has 0 saturated carbocycles. The lowest BCUT2D eigenvalue weighted by Gasteiger charge is -2.19. The minimum Gasteiger partial charge on any atom is -0.373 e. The summed E-state index contributed by atoms with van der Waals surface area (Å²) in [5.74, 6) is 1.74. The van der Waals surface area contributed by atoms with Crippen molar-refractivity contribution in [2.75, 3.05) is 17.7 Å². The second-order valence-electron chi connectivity index (χ2n) is 4.94. The molecule has 1 aromatic carbocycles. The number of aromatic nitrogens is 2. The van der Waals surface area contributed by atoms with E-state index in [1.807, 2.05) is 31.3 Å². The monoisotopic (exact) mass is 304 g/mol. The number of nitrogens with one attached hydrogen (secondary N) is 2. The fourth-order valence-electron chi connectivity index (χ4n) is 2.35. The summed E-state index contributed by atoms with van der Waals surface area (Å²) in [7, 11) is 1.88. The molecule has 0 spiro atoms. The van der Waals surface area contributed by atoms with E-state index < -0.39 is 0 Å². The molecule has 2 rings (SSSR count). The van der Waals surface area contributed by atoms with E-state index in [2.05, 4.69) is 34.4 Å². The summed E-state index contributed by atoms with van der Waals surface area (Å²) in [6.45, 7) is 4.23. The maximum atomic E-state index is 6.26. The summed E-state index contributed by atoms with van der Waals surface area (Å²) in [6.07, 6.45) is 3.54. The van der Waals surface area contributed by atoms with Gasteiger partial charge in [0.05, 0.1) is 6.04 Å². The van der Waals surface area contributed by atoms with E-state index in [4.69, 9.17) is 11.6 Å². The summed E-state index contributed by atoms with van der Waals surface area (Å²) in [5, 5.41) is 7.34. The molecule has 112 valence electrons. The van der Waals surface area contributed by atoms with Gasteiger partial charge in [-0.3, -0.25) is 0 Å². The third kappa shape index (κ3) is 3.64. The van der Waals surface area contributed by atoms with Gasteiger partial charge in [-0.15, -0.1) is 0 Å². The van der Waals surface area contributed by atoms with Crippen molar-refractivity contribution < 1.29 is 0 Å². The second kappa shape index (κ2) is 7.27. The van der Waals surface area contributed by atoms with Crippen LogP contribution in [0.25, 0.3) is 0 Å². The van der Waals surface area contributed by atoms with Crippen molar-refractivity contribution in [3.8, 4) is 0 Å². The van der Waals surface area contributed by atoms with Crippen LogP contribution >= 0.6 is 11.6 Å². The predicted octanol–water partition coefficient (Wildman–Crippen LogP) is 4.30. The summed E-state index contributed by atoms with van der Waals surface area (Å²) in [6, 6.07) is 7.94. The summed E-state index contributed by atoms with van der Waals surface area (Å²) in [5.41, 5.74) is 2.17. The van der Waals surface area contributed by atoms with Crippen LogP contribution in [0.5, 0.6) is 0 Å². The topological polar surface area (TPSA) is 49.8 Å². The molecule has 0 aliphatic heterocycles. The van der Waals surface area contributed by atoms with Crippen molar-refractivity contribution in [1.29, 1.82) is 0 Å². The van der Waals surface area contributed by atoms with Gasteiger partial charge in [0.1, 0.15) is 18.0 Å². The van der Waals surface area contributed by atoms with Gasteiger partial charge in [-0.25, -0.2) is 9.97 Å². The largest absolute Gasteiger partial charge is 0.373 e. The van der Waals surface area contributed by atoms with E-state index in [1.54, 1.807) is 6.33 Å². The molecule has 0 bridgehead atoms. The quantitative estimate of drug-likeness (QED) is 0.835. The van der Waals surface area contributed by atoms with E-state index in [-0.39, 0.29) is 6.04 Å². The van der Waals surface area contributed by atoms with Crippen LogP contribution in [-0.2, 0) is 6.42 Å². The molecule has 2 aromatic rings. The molecule has 1 atom stereocenters. The first-order valence-electron chi connectivity index (χ1n) is 7.20. The first-order valence-corrected chi connectivity index (χ1v) is 7.57. The first-order chi connectivity index (χ1) is 10.2. The van der Waals surface area contributed by atoms with Crippen LogP contribution < -0.4 is 10.6 Å². The van der Waals surface area contributed by atoms with E-state index >= 15 is 0 Å². The zero-order chi connectivity index (χ0) is 15.2. The Balaban J connectivity index is 2.29. The van der Waals surface area contributed by atoms with Gasteiger partial charge in [-0.05, 0) is 25.0 Å². The number of hydrogen-bond donors (Lipinski definition) is 2. The Morgan fingerprint density at radius 1 is 1.19 bits per heavy atom. The van der Waals surface area contributed by atoms with E-state index in [0.29, 0.717) is 0 Å². The highest BCUT2D eigenvalue weighted by Crippen LogP contribution is 2.28. The lowest BCUT2D eigenvalue weighted by atomic mass is 10.1. The highest BCUT2D eigenvalue weighted by molar-refractivity contribution is 6.31. The number of benzene rings is 1. The van der Waals surface area contributed by atoms with Crippen molar-refractivity contribution in [3.63, 3.8) is 0 Å². The lowest BCUT2D eigenvalue weighted by Crippen LogP contribution is -2.12. The molecule has 1 heterocycles. The molecule has 21 heavy (non-hydrogen) atoms. The Kier molecular flexibility index (Phi) is 5.39. The zero-order valence-electron chi connectivity index (χ0n) is 12.7. The molecule has 1 aromatic heterocycles. The average Bonchev–Trinajstić information content (AvgIpc) is 2.49. The molecule has 0 fully saturated rings. The Bertz CT molecular complexity index is 601. The third-order valence-corrected chi connectivity index (χ3v) is 3.75. The fourth-order valence-corrected chi connectivity index (χ4v) is 2.65. The Hall–Kier alpha value is -1.81. The SMILES string of the molecule is CCCc1c(NC)ncnc1NC(C)c1ccccc1Cl. The van der Waals surface area contributed by atoms with E-state index in [9.17, 15) is 0 Å². The lowest BCUT2D eigenvalue weighted by molar-refractivity contribution is 0.848. The van der Waals surface area contributed by atoms with Gasteiger partial charge in [-0.1, -0.05) is 43.1 Å². The van der Waals surface area contributed by atoms with Gasteiger partial charge >= 0.3 is 0 Å². The van der Waals surface area contributed by atoms with Crippen molar-refractivity contribution in [2.24, 2.45) is 0 Å². The normalized spacial score (nSPS) is 12.0. The van der Waals surface area contributed by atoms with Gasteiger partial charge in [0.2, 0.25) is 0 Å². The van der Waals surface area contributed by atoms with Gasteiger partial charge < -0.3 is 10.6 Å². The maximum Gasteiger partial charge on any atom is 0.135 e. The Labute approximate surface area is 131 Å². The van der Waals surface area contributed by atoms with Crippen LogP contribution in [0, 0.1) is 0 Å². The fraction of sp³-hybridized carbons (Fsp3) is 0.375. The molecular formula is C16H21ClN4. The molecule has 1 unspecified atom stereocenters.